The second-order valence-corrected chi connectivity index (χ2v) is 5.65. The molecule has 0 saturated heterocycles. The Labute approximate surface area is 98.3 Å². The van der Waals surface area contributed by atoms with Crippen LogP contribution in [0.15, 0.2) is 12.1 Å². The Morgan fingerprint density at radius 1 is 1.71 bits per heavy atom. The first-order valence-electron chi connectivity index (χ1n) is 4.18. The molecular formula is C9H12ClNOS2. The van der Waals surface area contributed by atoms with E-state index >= 15 is 0 Å². The second kappa shape index (κ2) is 5.05. The fraction of sp³-hybridized carbons (Fsp3) is 0.444. The number of halogens is 1. The lowest BCUT2D eigenvalue weighted by atomic mass is 10.3. The number of carbonyl (C=O) groups is 1. The summed E-state index contributed by atoms with van der Waals surface area (Å²) >= 11 is 11.4. The van der Waals surface area contributed by atoms with Crippen molar-refractivity contribution in [2.24, 2.45) is 0 Å². The average Bonchev–Trinajstić information content (AvgIpc) is 2.49. The van der Waals surface area contributed by atoms with Crippen molar-refractivity contribution in [3.05, 3.63) is 21.3 Å². The van der Waals surface area contributed by atoms with Crippen molar-refractivity contribution >= 4 is 41.5 Å². The van der Waals surface area contributed by atoms with Crippen LogP contribution in [0.25, 0.3) is 0 Å². The van der Waals surface area contributed by atoms with Crippen LogP contribution in [0.1, 0.15) is 11.8 Å². The van der Waals surface area contributed by atoms with Gasteiger partial charge in [0.25, 0.3) is 0 Å². The molecule has 0 bridgehead atoms. The van der Waals surface area contributed by atoms with Crippen molar-refractivity contribution in [3.8, 4) is 0 Å². The Morgan fingerprint density at radius 2 is 2.36 bits per heavy atom. The molecule has 0 spiro atoms. The van der Waals surface area contributed by atoms with E-state index in [1.54, 1.807) is 18.9 Å². The van der Waals surface area contributed by atoms with Crippen LogP contribution in [0.4, 0.5) is 0 Å². The van der Waals surface area contributed by atoms with Gasteiger partial charge in [0.1, 0.15) is 0 Å². The molecule has 0 saturated carbocycles. The topological polar surface area (TPSA) is 20.3 Å². The van der Waals surface area contributed by atoms with Gasteiger partial charge in [0.15, 0.2) is 0 Å². The SMILES string of the molecule is CC(S)C(=O)N(C)Cc1ccc(Cl)s1. The van der Waals surface area contributed by atoms with Crippen molar-refractivity contribution in [2.45, 2.75) is 18.7 Å². The first kappa shape index (κ1) is 11.9. The highest BCUT2D eigenvalue weighted by atomic mass is 35.5. The van der Waals surface area contributed by atoms with Crippen LogP contribution in [0.3, 0.4) is 0 Å². The number of thiol groups is 1. The van der Waals surface area contributed by atoms with Crippen molar-refractivity contribution in [1.29, 1.82) is 0 Å². The molecule has 0 aliphatic heterocycles. The maximum absolute atomic E-state index is 11.5. The van der Waals surface area contributed by atoms with Crippen molar-refractivity contribution in [2.75, 3.05) is 7.05 Å². The van der Waals surface area contributed by atoms with Crippen molar-refractivity contribution in [1.82, 2.24) is 4.90 Å². The lowest BCUT2D eigenvalue weighted by Gasteiger charge is -2.17. The second-order valence-electron chi connectivity index (χ2n) is 3.08. The van der Waals surface area contributed by atoms with E-state index in [0.29, 0.717) is 6.54 Å². The molecule has 0 fully saturated rings. The highest BCUT2D eigenvalue weighted by Crippen LogP contribution is 2.22. The molecule has 0 radical (unpaired) electrons. The largest absolute Gasteiger partial charge is 0.340 e. The highest BCUT2D eigenvalue weighted by molar-refractivity contribution is 7.81. The minimum atomic E-state index is -0.254. The monoisotopic (exact) mass is 249 g/mol. The summed E-state index contributed by atoms with van der Waals surface area (Å²) in [6.45, 7) is 2.37. The van der Waals surface area contributed by atoms with Crippen LogP contribution in [0, 0.1) is 0 Å². The summed E-state index contributed by atoms with van der Waals surface area (Å²) in [6, 6.07) is 3.77. The molecule has 0 N–H and O–H groups in total. The molecule has 0 aliphatic carbocycles. The minimum absolute atomic E-state index is 0.0258. The number of amides is 1. The molecule has 2 nitrogen and oxygen atoms in total. The third-order valence-corrected chi connectivity index (χ3v) is 3.19. The lowest BCUT2D eigenvalue weighted by molar-refractivity contribution is -0.129. The first-order chi connectivity index (χ1) is 6.50. The van der Waals surface area contributed by atoms with E-state index in [9.17, 15) is 4.79 Å². The summed E-state index contributed by atoms with van der Waals surface area (Å²) < 4.78 is 0.750. The van der Waals surface area contributed by atoms with E-state index < -0.39 is 0 Å². The number of rotatable bonds is 3. The number of thiophene rings is 1. The van der Waals surface area contributed by atoms with Gasteiger partial charge in [-0.1, -0.05) is 11.6 Å². The predicted molar refractivity (Wildman–Crippen MR) is 64.3 cm³/mol. The number of carbonyl (C=O) groups excluding carboxylic acids is 1. The van der Waals surface area contributed by atoms with Gasteiger partial charge < -0.3 is 4.90 Å². The van der Waals surface area contributed by atoms with E-state index in [2.05, 4.69) is 12.6 Å². The maximum Gasteiger partial charge on any atom is 0.235 e. The van der Waals surface area contributed by atoms with E-state index in [1.807, 2.05) is 12.1 Å². The van der Waals surface area contributed by atoms with Gasteiger partial charge in [-0.3, -0.25) is 4.79 Å². The smallest absolute Gasteiger partial charge is 0.235 e. The summed E-state index contributed by atoms with van der Waals surface area (Å²) in [5.74, 6) is 0.0258. The third-order valence-electron chi connectivity index (χ3n) is 1.76. The standard InChI is InChI=1S/C9H12ClNOS2/c1-6(13)9(12)11(2)5-7-3-4-8(10)14-7/h3-4,6,13H,5H2,1-2H3. The highest BCUT2D eigenvalue weighted by Gasteiger charge is 2.14. The number of hydrogen-bond acceptors (Lipinski definition) is 3. The van der Waals surface area contributed by atoms with Gasteiger partial charge in [-0.15, -0.1) is 11.3 Å². The summed E-state index contributed by atoms with van der Waals surface area (Å²) in [6.07, 6.45) is 0. The molecule has 1 unspecified atom stereocenters. The van der Waals surface area contributed by atoms with Crippen LogP contribution in [-0.4, -0.2) is 23.1 Å². The van der Waals surface area contributed by atoms with Gasteiger partial charge in [0, 0.05) is 11.9 Å². The summed E-state index contributed by atoms with van der Waals surface area (Å²) in [7, 11) is 1.77. The molecule has 1 aromatic heterocycles. The summed E-state index contributed by atoms with van der Waals surface area (Å²) in [4.78, 5) is 14.2. The Bertz CT molecular complexity index is 324. The zero-order chi connectivity index (χ0) is 10.7. The Kier molecular flexibility index (Phi) is 4.29. The molecule has 1 amide bonds. The van der Waals surface area contributed by atoms with E-state index in [4.69, 9.17) is 11.6 Å². The predicted octanol–water partition coefficient (Wildman–Crippen LogP) is 2.68. The molecule has 1 heterocycles. The molecule has 0 aromatic carbocycles. The minimum Gasteiger partial charge on any atom is -0.340 e. The molecule has 14 heavy (non-hydrogen) atoms. The fourth-order valence-corrected chi connectivity index (χ4v) is 2.41. The number of nitrogens with zero attached hydrogens (tertiary/aromatic N) is 1. The van der Waals surface area contributed by atoms with Gasteiger partial charge in [-0.25, -0.2) is 0 Å². The summed E-state index contributed by atoms with van der Waals surface area (Å²) in [5.41, 5.74) is 0. The van der Waals surface area contributed by atoms with E-state index in [1.165, 1.54) is 11.3 Å². The lowest BCUT2D eigenvalue weighted by Crippen LogP contribution is -2.31. The average molecular weight is 250 g/mol. The normalized spacial score (nSPS) is 12.6. The maximum atomic E-state index is 11.5. The van der Waals surface area contributed by atoms with Crippen LogP contribution in [-0.2, 0) is 11.3 Å². The van der Waals surface area contributed by atoms with E-state index in [0.717, 1.165) is 9.21 Å². The zero-order valence-corrected chi connectivity index (χ0v) is 10.5. The molecular weight excluding hydrogens is 238 g/mol. The molecule has 1 aromatic rings. The van der Waals surface area contributed by atoms with Crippen molar-refractivity contribution < 1.29 is 4.79 Å². The Morgan fingerprint density at radius 3 is 2.79 bits per heavy atom. The van der Waals surface area contributed by atoms with Gasteiger partial charge in [0.2, 0.25) is 5.91 Å². The van der Waals surface area contributed by atoms with E-state index in [-0.39, 0.29) is 11.2 Å². The molecule has 78 valence electrons. The molecule has 1 rings (SSSR count). The van der Waals surface area contributed by atoms with Gasteiger partial charge in [0.05, 0.1) is 16.1 Å². The van der Waals surface area contributed by atoms with Crippen LogP contribution in [0.2, 0.25) is 4.34 Å². The fourth-order valence-electron chi connectivity index (χ4n) is 1.07. The van der Waals surface area contributed by atoms with Crippen LogP contribution in [0.5, 0.6) is 0 Å². The zero-order valence-electron chi connectivity index (χ0n) is 8.03. The first-order valence-corrected chi connectivity index (χ1v) is 5.89. The van der Waals surface area contributed by atoms with Gasteiger partial charge >= 0.3 is 0 Å². The molecule has 5 heteroatoms. The summed E-state index contributed by atoms with van der Waals surface area (Å²) in [5, 5.41) is -0.254. The van der Waals surface area contributed by atoms with Gasteiger partial charge in [-0.2, -0.15) is 12.6 Å². The van der Waals surface area contributed by atoms with Crippen LogP contribution >= 0.6 is 35.6 Å². The third kappa shape index (κ3) is 3.19. The van der Waals surface area contributed by atoms with Gasteiger partial charge in [-0.05, 0) is 19.1 Å². The number of hydrogen-bond donors (Lipinski definition) is 1. The van der Waals surface area contributed by atoms with Crippen LogP contribution < -0.4 is 0 Å². The molecule has 1 atom stereocenters. The van der Waals surface area contributed by atoms with Crippen molar-refractivity contribution in [3.63, 3.8) is 0 Å². The Balaban J connectivity index is 2.57. The Hall–Kier alpha value is -0.190. The quantitative estimate of drug-likeness (QED) is 0.817. The molecule has 0 aliphatic rings.